The highest BCUT2D eigenvalue weighted by molar-refractivity contribution is 6.42. The number of halogens is 2. The zero-order valence-electron chi connectivity index (χ0n) is 12.9. The third-order valence-electron chi connectivity index (χ3n) is 4.12. The maximum atomic E-state index is 6.07. The van der Waals surface area contributed by atoms with Crippen molar-refractivity contribution in [2.45, 2.75) is 18.6 Å². The van der Waals surface area contributed by atoms with Crippen LogP contribution in [0.3, 0.4) is 0 Å². The maximum absolute atomic E-state index is 6.07. The maximum Gasteiger partial charge on any atom is 0.145 e. The topological polar surface area (TPSA) is 64.9 Å². The Kier molecular flexibility index (Phi) is 4.04. The number of ether oxygens (including phenoxy) is 1. The van der Waals surface area contributed by atoms with E-state index in [0.29, 0.717) is 33.5 Å². The van der Waals surface area contributed by atoms with Crippen molar-refractivity contribution in [3.05, 3.63) is 46.6 Å². The first-order valence-electron chi connectivity index (χ1n) is 7.59. The van der Waals surface area contributed by atoms with E-state index in [2.05, 4.69) is 20.3 Å². The van der Waals surface area contributed by atoms with Crippen LogP contribution in [-0.4, -0.2) is 32.2 Å². The van der Waals surface area contributed by atoms with Gasteiger partial charge in [-0.15, -0.1) is 0 Å². The lowest BCUT2D eigenvalue weighted by atomic mass is 10.1. The first-order chi connectivity index (χ1) is 11.6. The lowest BCUT2D eigenvalue weighted by molar-refractivity contribution is 0.0983. The molecule has 2 atom stereocenters. The average Bonchev–Trinajstić information content (AvgIpc) is 3.17. The number of nitrogens with one attached hydrogen (secondary N) is 1. The molecule has 2 aromatic heterocycles. The van der Waals surface area contributed by atoms with Crippen molar-refractivity contribution >= 4 is 40.1 Å². The molecule has 1 N–H and O–H groups in total. The molecule has 1 aliphatic heterocycles. The summed E-state index contributed by atoms with van der Waals surface area (Å²) in [5, 5.41) is 4.34. The molecule has 24 heavy (non-hydrogen) atoms. The van der Waals surface area contributed by atoms with Gasteiger partial charge in [0.05, 0.1) is 33.3 Å². The highest BCUT2D eigenvalue weighted by atomic mass is 35.5. The summed E-state index contributed by atoms with van der Waals surface area (Å²) < 4.78 is 7.82. The molecule has 1 aromatic carbocycles. The quantitative estimate of drug-likeness (QED) is 0.769. The Balaban J connectivity index is 1.61. The van der Waals surface area contributed by atoms with Gasteiger partial charge in [0.25, 0.3) is 0 Å². The number of fused-ring (bicyclic) bond motifs is 1. The molecule has 3 aromatic rings. The van der Waals surface area contributed by atoms with Gasteiger partial charge in [-0.3, -0.25) is 4.98 Å². The van der Waals surface area contributed by atoms with Gasteiger partial charge in [0.15, 0.2) is 0 Å². The summed E-state index contributed by atoms with van der Waals surface area (Å²) >= 11 is 12.1. The number of nitrogens with zero attached hydrogens (tertiary/aromatic N) is 4. The van der Waals surface area contributed by atoms with Gasteiger partial charge in [-0.1, -0.05) is 23.2 Å². The van der Waals surface area contributed by atoms with Crippen LogP contribution in [0.2, 0.25) is 10.0 Å². The standard InChI is InChI=1S/C16H15Cl2N5O/c1-23-4-3-19-16(23)15-11(2-5-24-15)21-14-8-20-12-6-9(17)10(18)7-13(12)22-14/h3-4,6-8,11,15H,2,5H2,1H3,(H,21,22)/t11-,15-/m0/s1. The Morgan fingerprint density at radius 3 is 2.75 bits per heavy atom. The third-order valence-corrected chi connectivity index (χ3v) is 4.84. The second kappa shape index (κ2) is 6.20. The van der Waals surface area contributed by atoms with Crippen molar-refractivity contribution in [2.24, 2.45) is 7.05 Å². The molecule has 0 aliphatic carbocycles. The zero-order chi connectivity index (χ0) is 16.7. The molecular weight excluding hydrogens is 349 g/mol. The van der Waals surface area contributed by atoms with Crippen molar-refractivity contribution < 1.29 is 4.74 Å². The molecule has 4 rings (SSSR count). The third kappa shape index (κ3) is 2.81. The number of anilines is 1. The minimum atomic E-state index is -0.115. The number of hydrogen-bond donors (Lipinski definition) is 1. The van der Waals surface area contributed by atoms with Crippen molar-refractivity contribution in [2.75, 3.05) is 11.9 Å². The van der Waals surface area contributed by atoms with E-state index in [1.165, 1.54) is 0 Å². The van der Waals surface area contributed by atoms with E-state index in [1.807, 2.05) is 17.8 Å². The molecule has 0 amide bonds. The minimum absolute atomic E-state index is 0.0839. The molecule has 124 valence electrons. The predicted molar refractivity (Wildman–Crippen MR) is 93.5 cm³/mol. The average molecular weight is 364 g/mol. The molecule has 0 radical (unpaired) electrons. The van der Waals surface area contributed by atoms with Gasteiger partial charge >= 0.3 is 0 Å². The number of aryl methyl sites for hydroxylation is 1. The molecule has 1 aliphatic rings. The monoisotopic (exact) mass is 363 g/mol. The first-order valence-corrected chi connectivity index (χ1v) is 8.34. The van der Waals surface area contributed by atoms with Gasteiger partial charge < -0.3 is 14.6 Å². The SMILES string of the molecule is Cn1ccnc1[C@H]1OCC[C@@H]1Nc1cnc2cc(Cl)c(Cl)cc2n1. The fourth-order valence-corrected chi connectivity index (χ4v) is 3.23. The molecule has 0 bridgehead atoms. The van der Waals surface area contributed by atoms with Crippen molar-refractivity contribution in [3.63, 3.8) is 0 Å². The van der Waals surface area contributed by atoms with Gasteiger partial charge in [0.2, 0.25) is 0 Å². The normalized spacial score (nSPS) is 20.6. The molecule has 1 fully saturated rings. The van der Waals surface area contributed by atoms with E-state index in [4.69, 9.17) is 27.9 Å². The summed E-state index contributed by atoms with van der Waals surface area (Å²) in [4.78, 5) is 13.4. The van der Waals surface area contributed by atoms with Crippen LogP contribution in [0.15, 0.2) is 30.7 Å². The second-order valence-corrected chi connectivity index (χ2v) is 6.55. The summed E-state index contributed by atoms with van der Waals surface area (Å²) in [7, 11) is 1.96. The van der Waals surface area contributed by atoms with Gasteiger partial charge in [-0.25, -0.2) is 9.97 Å². The Morgan fingerprint density at radius 1 is 1.21 bits per heavy atom. The molecule has 6 nitrogen and oxygen atoms in total. The zero-order valence-corrected chi connectivity index (χ0v) is 14.4. The summed E-state index contributed by atoms with van der Waals surface area (Å²) in [5.74, 6) is 1.57. The van der Waals surface area contributed by atoms with Crippen LogP contribution >= 0.6 is 23.2 Å². The summed E-state index contributed by atoms with van der Waals surface area (Å²) in [6, 6.07) is 3.52. The summed E-state index contributed by atoms with van der Waals surface area (Å²) in [5.41, 5.74) is 1.40. The smallest absolute Gasteiger partial charge is 0.145 e. The van der Waals surface area contributed by atoms with Crippen LogP contribution in [0.1, 0.15) is 18.3 Å². The van der Waals surface area contributed by atoms with Gasteiger partial charge in [-0.2, -0.15) is 0 Å². The van der Waals surface area contributed by atoms with Crippen LogP contribution in [0.25, 0.3) is 11.0 Å². The summed E-state index contributed by atoms with van der Waals surface area (Å²) in [6.07, 6.45) is 6.14. The van der Waals surface area contributed by atoms with E-state index in [-0.39, 0.29) is 12.1 Å². The second-order valence-electron chi connectivity index (χ2n) is 5.74. The van der Waals surface area contributed by atoms with E-state index in [0.717, 1.165) is 12.2 Å². The van der Waals surface area contributed by atoms with Gasteiger partial charge in [0.1, 0.15) is 17.7 Å². The predicted octanol–water partition coefficient (Wildman–Crippen LogP) is 3.61. The van der Waals surface area contributed by atoms with Crippen molar-refractivity contribution in [1.82, 2.24) is 19.5 Å². The largest absolute Gasteiger partial charge is 0.368 e. The van der Waals surface area contributed by atoms with Crippen LogP contribution < -0.4 is 5.32 Å². The van der Waals surface area contributed by atoms with E-state index in [1.54, 1.807) is 24.5 Å². The molecule has 0 saturated carbocycles. The van der Waals surface area contributed by atoms with Crippen molar-refractivity contribution in [1.29, 1.82) is 0 Å². The fourth-order valence-electron chi connectivity index (χ4n) is 2.91. The van der Waals surface area contributed by atoms with Crippen LogP contribution in [0.5, 0.6) is 0 Å². The van der Waals surface area contributed by atoms with E-state index < -0.39 is 0 Å². The number of hydrogen-bond acceptors (Lipinski definition) is 5. The van der Waals surface area contributed by atoms with E-state index >= 15 is 0 Å². The molecule has 8 heteroatoms. The molecule has 1 saturated heterocycles. The summed E-state index contributed by atoms with van der Waals surface area (Å²) in [6.45, 7) is 0.678. The highest BCUT2D eigenvalue weighted by Crippen LogP contribution is 2.31. The number of imidazole rings is 1. The first kappa shape index (κ1) is 15.6. The molecule has 0 unspecified atom stereocenters. The lowest BCUT2D eigenvalue weighted by Crippen LogP contribution is -2.25. The number of aromatic nitrogens is 4. The van der Waals surface area contributed by atoms with Crippen molar-refractivity contribution in [3.8, 4) is 0 Å². The molecule has 0 spiro atoms. The molecular formula is C16H15Cl2N5O. The fraction of sp³-hybridized carbons (Fsp3) is 0.312. The lowest BCUT2D eigenvalue weighted by Gasteiger charge is -2.20. The Labute approximate surface area is 148 Å². The highest BCUT2D eigenvalue weighted by Gasteiger charge is 2.32. The van der Waals surface area contributed by atoms with Crippen LogP contribution in [0, 0.1) is 0 Å². The minimum Gasteiger partial charge on any atom is -0.368 e. The van der Waals surface area contributed by atoms with Crippen LogP contribution in [0.4, 0.5) is 5.82 Å². The van der Waals surface area contributed by atoms with Crippen LogP contribution in [-0.2, 0) is 11.8 Å². The number of benzene rings is 1. The van der Waals surface area contributed by atoms with E-state index in [9.17, 15) is 0 Å². The Morgan fingerprint density at radius 2 is 2.00 bits per heavy atom. The number of rotatable bonds is 3. The Bertz CT molecular complexity index is 897. The van der Waals surface area contributed by atoms with Gasteiger partial charge in [0, 0.05) is 26.0 Å². The molecule has 3 heterocycles. The Hall–Kier alpha value is -1.89. The van der Waals surface area contributed by atoms with Gasteiger partial charge in [-0.05, 0) is 18.6 Å².